The maximum absolute atomic E-state index is 5.15. The van der Waals surface area contributed by atoms with Crippen LogP contribution in [0.1, 0.15) is 0 Å². The molecule has 0 radical (unpaired) electrons. The van der Waals surface area contributed by atoms with Crippen LogP contribution < -0.4 is 0 Å². The zero-order chi connectivity index (χ0) is 78.9. The third-order valence-electron chi connectivity index (χ3n) is 23.9. The molecule has 15 aromatic carbocycles. The van der Waals surface area contributed by atoms with E-state index in [1.165, 1.54) is 103 Å². The van der Waals surface area contributed by atoms with E-state index in [0.29, 0.717) is 11.9 Å². The molecule has 0 aliphatic heterocycles. The van der Waals surface area contributed by atoms with Crippen LogP contribution in [0.15, 0.2) is 401 Å². The Kier molecular flexibility index (Phi) is 15.7. The zero-order valence-electron chi connectivity index (χ0n) is 64.5. The van der Waals surface area contributed by atoms with Crippen LogP contribution >= 0.6 is 0 Å². The standard InChI is InChI=1S/C56H34N6.C52H32N6/c1-2-15-40-38(13-1)39-14-3-4-16-41(39)45-33-37(25-26-42(40)45)61-52-21-7-5-17-43(52)46-31-35(23-27-54(46)61)36-24-28-55-47(32-36)44-18-6-8-22-53(44)62(55)56-59-50(48-19-9-11-29-57-48)34-51(60-56)49-20-10-12-30-58-49;1-2-14-36-35(13-1)31-51(38-16-4-3-15-37(36)38)57-47-21-7-5-17-39(47)41-29-33(23-25-49(41)57)34-24-26-50-42(30-34)40-18-6-8-22-48(40)58(50)52-55-45(43-19-9-11-27-53-43)32-46(56-52)44-20-10-12-28-54-44/h1-34H;1-32H. The maximum atomic E-state index is 5.15. The highest BCUT2D eigenvalue weighted by Crippen LogP contribution is 2.45. The summed E-state index contributed by atoms with van der Waals surface area (Å²) in [6, 6.07) is 134. The predicted molar refractivity (Wildman–Crippen MR) is 493 cm³/mol. The summed E-state index contributed by atoms with van der Waals surface area (Å²) in [5, 5.41) is 22.0. The van der Waals surface area contributed by atoms with Gasteiger partial charge in [0.05, 0.1) is 95.4 Å². The Morgan fingerprint density at radius 1 is 0.158 bits per heavy atom. The van der Waals surface area contributed by atoms with Gasteiger partial charge in [-0.15, -0.1) is 0 Å². The molecule has 0 fully saturated rings. The number of aromatic nitrogens is 12. The molecule has 0 amide bonds. The molecule has 0 saturated carbocycles. The topological polar surface area (TPSA) is 123 Å². The molecule has 12 nitrogen and oxygen atoms in total. The minimum Gasteiger partial charge on any atom is -0.309 e. The SMILES string of the molecule is c1ccc(-c2cc(-c3ccccn3)nc(-n3c4ccccc4c4cc(-c5ccc6c(c5)c5ccccc5n6-c5cc6ccccc6c6ccccc56)ccc43)n2)nc1.c1ccc(-c2cc(-c3ccccn3)nc(-n3c4ccccc4c4cc(-c5ccc6c(c5)c5ccccc5n6-c5ccc6c7ccccc7c7ccccc7c6c5)ccc43)n2)nc1. The van der Waals surface area contributed by atoms with Crippen molar-refractivity contribution in [2.45, 2.75) is 0 Å². The lowest BCUT2D eigenvalue weighted by molar-refractivity contribution is 0.988. The average molecular weight is 1530 g/mol. The van der Waals surface area contributed by atoms with Gasteiger partial charge in [0, 0.05) is 79.0 Å². The second-order valence-electron chi connectivity index (χ2n) is 30.6. The van der Waals surface area contributed by atoms with Gasteiger partial charge in [0.1, 0.15) is 0 Å². The summed E-state index contributed by atoms with van der Waals surface area (Å²) in [5.74, 6) is 1.13. The largest absolute Gasteiger partial charge is 0.309 e. The van der Waals surface area contributed by atoms with Gasteiger partial charge in [0.2, 0.25) is 11.9 Å². The number of rotatable bonds is 10. The number of hydrogen-bond acceptors (Lipinski definition) is 8. The second-order valence-corrected chi connectivity index (χ2v) is 30.6. The number of hydrogen-bond donors (Lipinski definition) is 0. The number of fused-ring (bicyclic) bond motifs is 21. The van der Waals surface area contributed by atoms with Crippen molar-refractivity contribution < 1.29 is 0 Å². The zero-order valence-corrected chi connectivity index (χ0v) is 64.5. The van der Waals surface area contributed by atoms with E-state index >= 15 is 0 Å². The summed E-state index contributed by atoms with van der Waals surface area (Å²) >= 11 is 0. The van der Waals surface area contributed by atoms with E-state index in [1.807, 2.05) is 84.9 Å². The molecule has 0 bridgehead atoms. The maximum Gasteiger partial charge on any atom is 0.235 e. The van der Waals surface area contributed by atoms with Crippen LogP contribution in [0.5, 0.6) is 0 Å². The molecule has 0 aliphatic rings. The van der Waals surface area contributed by atoms with Crippen LogP contribution in [-0.2, 0) is 0 Å². The van der Waals surface area contributed by atoms with Gasteiger partial charge in [-0.1, -0.05) is 224 Å². The fraction of sp³-hybridized carbons (Fsp3) is 0. The lowest BCUT2D eigenvalue weighted by Gasteiger charge is -2.14. The average Bonchev–Trinajstić information content (AvgIpc) is 1.48. The monoisotopic (exact) mass is 1530 g/mol. The van der Waals surface area contributed by atoms with E-state index in [-0.39, 0.29) is 0 Å². The van der Waals surface area contributed by atoms with Gasteiger partial charge in [-0.25, -0.2) is 19.9 Å². The van der Waals surface area contributed by atoms with Gasteiger partial charge in [-0.05, 0) is 222 Å². The first-order valence-electron chi connectivity index (χ1n) is 40.3. The Bertz CT molecular complexity index is 8330. The Hall–Kier alpha value is -16.4. The molecule has 0 aliphatic carbocycles. The van der Waals surface area contributed by atoms with Gasteiger partial charge in [0.15, 0.2) is 0 Å². The molecule has 25 rings (SSSR count). The van der Waals surface area contributed by atoms with E-state index in [0.717, 1.165) is 117 Å². The van der Waals surface area contributed by atoms with Crippen LogP contribution in [0.2, 0.25) is 0 Å². The van der Waals surface area contributed by atoms with Crippen molar-refractivity contribution >= 4 is 141 Å². The fourth-order valence-corrected chi connectivity index (χ4v) is 18.5. The van der Waals surface area contributed by atoms with Crippen LogP contribution in [0.25, 0.3) is 232 Å². The van der Waals surface area contributed by atoms with E-state index < -0.39 is 0 Å². The van der Waals surface area contributed by atoms with Crippen LogP contribution in [0.4, 0.5) is 0 Å². The minimum atomic E-state index is 0.567. The van der Waals surface area contributed by atoms with Crippen molar-refractivity contribution in [2.24, 2.45) is 0 Å². The highest BCUT2D eigenvalue weighted by molar-refractivity contribution is 6.26. The molecule has 0 spiro atoms. The molecule has 0 saturated heterocycles. The summed E-state index contributed by atoms with van der Waals surface area (Å²) in [6.07, 6.45) is 7.17. The molecule has 12 heteroatoms. The van der Waals surface area contributed by atoms with Gasteiger partial charge >= 0.3 is 0 Å². The second kappa shape index (κ2) is 27.7. The lowest BCUT2D eigenvalue weighted by Crippen LogP contribution is -2.04. The van der Waals surface area contributed by atoms with E-state index in [4.69, 9.17) is 19.9 Å². The summed E-state index contributed by atoms with van der Waals surface area (Å²) in [6.45, 7) is 0. The van der Waals surface area contributed by atoms with E-state index in [2.05, 4.69) is 329 Å². The number of nitrogens with zero attached hydrogens (tertiary/aromatic N) is 12. The molecule has 0 N–H and O–H groups in total. The van der Waals surface area contributed by atoms with Crippen molar-refractivity contribution in [1.82, 2.24) is 58.1 Å². The molecule has 25 aromatic rings. The molecule has 10 heterocycles. The Balaban J connectivity index is 0.000000137. The quantitative estimate of drug-likeness (QED) is 0.124. The Labute approximate surface area is 686 Å². The third kappa shape index (κ3) is 11.1. The van der Waals surface area contributed by atoms with Crippen molar-refractivity contribution in [3.8, 4) is 91.1 Å². The number of benzene rings is 15. The van der Waals surface area contributed by atoms with E-state index in [9.17, 15) is 0 Å². The first-order chi connectivity index (χ1) is 59.5. The first kappa shape index (κ1) is 68.0. The smallest absolute Gasteiger partial charge is 0.235 e. The summed E-state index contributed by atoms with van der Waals surface area (Å²) in [5.41, 5.74) is 21.8. The third-order valence-corrected chi connectivity index (χ3v) is 23.9. The Morgan fingerprint density at radius 2 is 0.442 bits per heavy atom. The van der Waals surface area contributed by atoms with Gasteiger partial charge in [-0.2, -0.15) is 0 Å². The van der Waals surface area contributed by atoms with Crippen molar-refractivity contribution in [3.05, 3.63) is 401 Å². The van der Waals surface area contributed by atoms with Crippen LogP contribution in [-0.4, -0.2) is 58.1 Å². The highest BCUT2D eigenvalue weighted by atomic mass is 15.2. The lowest BCUT2D eigenvalue weighted by atomic mass is 9.94. The molecule has 120 heavy (non-hydrogen) atoms. The number of para-hydroxylation sites is 4. The molecular weight excluding hydrogens is 1470 g/mol. The Morgan fingerprint density at radius 3 is 0.825 bits per heavy atom. The highest BCUT2D eigenvalue weighted by Gasteiger charge is 2.24. The fourth-order valence-electron chi connectivity index (χ4n) is 18.5. The predicted octanol–water partition coefficient (Wildman–Crippen LogP) is 26.7. The summed E-state index contributed by atoms with van der Waals surface area (Å²) in [4.78, 5) is 39.1. The first-order valence-corrected chi connectivity index (χ1v) is 40.3. The number of pyridine rings is 4. The molecule has 10 aromatic heterocycles. The normalized spacial score (nSPS) is 11.8. The van der Waals surface area contributed by atoms with Gasteiger partial charge in [-0.3, -0.25) is 29.1 Å². The van der Waals surface area contributed by atoms with E-state index in [1.54, 1.807) is 24.8 Å². The van der Waals surface area contributed by atoms with Gasteiger partial charge < -0.3 is 9.13 Å². The van der Waals surface area contributed by atoms with Crippen molar-refractivity contribution in [3.63, 3.8) is 0 Å². The summed E-state index contributed by atoms with van der Waals surface area (Å²) < 4.78 is 9.20. The van der Waals surface area contributed by atoms with Gasteiger partial charge in [0.25, 0.3) is 0 Å². The van der Waals surface area contributed by atoms with Crippen molar-refractivity contribution in [2.75, 3.05) is 0 Å². The van der Waals surface area contributed by atoms with Crippen LogP contribution in [0, 0.1) is 0 Å². The summed E-state index contributed by atoms with van der Waals surface area (Å²) in [7, 11) is 0. The molecule has 558 valence electrons. The molecular formula is C108H66N12. The minimum absolute atomic E-state index is 0.567. The van der Waals surface area contributed by atoms with Crippen LogP contribution in [0.3, 0.4) is 0 Å². The molecule has 0 atom stereocenters. The molecule has 0 unspecified atom stereocenters. The van der Waals surface area contributed by atoms with Crippen molar-refractivity contribution in [1.29, 1.82) is 0 Å².